The van der Waals surface area contributed by atoms with E-state index in [4.69, 9.17) is 27.8 Å². The van der Waals surface area contributed by atoms with Crippen molar-refractivity contribution in [3.05, 3.63) is 193 Å². The highest BCUT2D eigenvalue weighted by molar-refractivity contribution is 7.00. The molecule has 2 unspecified atom stereocenters. The van der Waals surface area contributed by atoms with Gasteiger partial charge < -0.3 is 27.8 Å². The number of benzene rings is 6. The first-order valence-corrected chi connectivity index (χ1v) is 25.0. The summed E-state index contributed by atoms with van der Waals surface area (Å²) < 4.78 is 44.0. The summed E-state index contributed by atoms with van der Waals surface area (Å²) >= 11 is 0. The van der Waals surface area contributed by atoms with Crippen molar-refractivity contribution in [1.82, 2.24) is 0 Å². The fourth-order valence-electron chi connectivity index (χ4n) is 9.28. The molecule has 0 bridgehead atoms. The second-order valence-electron chi connectivity index (χ2n) is 18.0. The lowest BCUT2D eigenvalue weighted by molar-refractivity contribution is -0.328. The fourth-order valence-corrected chi connectivity index (χ4v) is 18.6. The third-order valence-electron chi connectivity index (χ3n) is 12.1. The highest BCUT2D eigenvalue weighted by Gasteiger charge is 2.58. The molecule has 6 nitrogen and oxygen atoms in total. The Kier molecular flexibility index (Phi) is 12.6. The maximum absolute atomic E-state index is 7.95. The van der Waals surface area contributed by atoms with Gasteiger partial charge in [-0.1, -0.05) is 224 Å². The summed E-state index contributed by atoms with van der Waals surface area (Å²) in [5.41, 5.74) is 1.87. The number of ether oxygens (including phenoxy) is 4. The Morgan fingerprint density at radius 1 is 0.383 bits per heavy atom. The summed E-state index contributed by atoms with van der Waals surface area (Å²) in [5.74, 6) is 0. The highest BCUT2D eigenvalue weighted by atomic mass is 28.4. The predicted molar refractivity (Wildman–Crippen MR) is 245 cm³/mol. The first kappa shape index (κ1) is 42.2. The third kappa shape index (κ3) is 8.28. The van der Waals surface area contributed by atoms with E-state index in [-0.39, 0.29) is 23.3 Å². The van der Waals surface area contributed by atoms with Crippen LogP contribution >= 0.6 is 0 Å². The maximum atomic E-state index is 7.95. The quantitative estimate of drug-likeness (QED) is 0.122. The third-order valence-corrected chi connectivity index (χ3v) is 22.2. The van der Waals surface area contributed by atoms with Crippen molar-refractivity contribution in [3.8, 4) is 0 Å². The van der Waals surface area contributed by atoms with Crippen LogP contribution in [0.3, 0.4) is 0 Å². The largest absolute Gasteiger partial charge is 0.399 e. The van der Waals surface area contributed by atoms with Crippen LogP contribution in [0.2, 0.25) is 10.1 Å². The van der Waals surface area contributed by atoms with E-state index in [1.807, 2.05) is 36.4 Å². The predicted octanol–water partition coefficient (Wildman–Crippen LogP) is 9.11. The first-order valence-electron chi connectivity index (χ1n) is 21.2. The van der Waals surface area contributed by atoms with E-state index in [1.165, 1.54) is 20.7 Å². The van der Waals surface area contributed by atoms with Crippen LogP contribution in [0.5, 0.6) is 0 Å². The molecule has 0 spiro atoms. The average Bonchev–Trinajstić information content (AvgIpc) is 3.28. The molecule has 0 aromatic heterocycles. The molecular weight excluding hydrogens is 777 g/mol. The number of hydrogen-bond donors (Lipinski definition) is 0. The second kappa shape index (κ2) is 17.9. The number of rotatable bonds is 11. The summed E-state index contributed by atoms with van der Waals surface area (Å²) in [6, 6.07) is 63.3. The van der Waals surface area contributed by atoms with Gasteiger partial charge in [-0.15, -0.1) is 0 Å². The monoisotopic (exact) mass is 834 g/mol. The van der Waals surface area contributed by atoms with Gasteiger partial charge in [-0.2, -0.15) is 0 Å². The van der Waals surface area contributed by atoms with Crippen molar-refractivity contribution < 1.29 is 27.8 Å². The van der Waals surface area contributed by atoms with Crippen molar-refractivity contribution >= 4 is 37.4 Å². The number of hydrogen-bond acceptors (Lipinski definition) is 6. The average molecular weight is 835 g/mol. The van der Waals surface area contributed by atoms with E-state index >= 15 is 0 Å². The summed E-state index contributed by atoms with van der Waals surface area (Å²) in [7, 11) is -6.21. The van der Waals surface area contributed by atoms with Crippen LogP contribution in [0.4, 0.5) is 0 Å². The molecule has 6 aromatic rings. The minimum Gasteiger partial charge on any atom is -0.399 e. The van der Waals surface area contributed by atoms with E-state index < -0.39 is 53.6 Å². The summed E-state index contributed by atoms with van der Waals surface area (Å²) in [5, 5.41) is 4.16. The van der Waals surface area contributed by atoms with Gasteiger partial charge in [-0.05, 0) is 30.8 Å². The topological polar surface area (TPSA) is 55.4 Å². The Hall–Kier alpha value is -4.49. The van der Waals surface area contributed by atoms with Gasteiger partial charge in [-0.25, -0.2) is 0 Å². The van der Waals surface area contributed by atoms with Gasteiger partial charge in [0.05, 0.1) is 25.4 Å². The van der Waals surface area contributed by atoms with Crippen LogP contribution in [0.1, 0.15) is 65.2 Å². The Morgan fingerprint density at radius 3 is 0.883 bits per heavy atom. The molecular formula is C52H58O6Si2. The molecule has 310 valence electrons. The zero-order chi connectivity index (χ0) is 41.8. The van der Waals surface area contributed by atoms with Crippen LogP contribution < -0.4 is 20.7 Å². The standard InChI is InChI=1S/C52H58O6Si2/c1-51(2,3)59(41-29-17-9-18-30-41,42-31-19-10-20-32-42)57-45-37-53-49(39-25-13-7-14-26-39)55-47(45)48-46(38-54-50(56-48)40-27-15-8-16-28-40)58-60(52(4,5)6,43-33-21-11-22-34-43)44-35-23-12-24-36-44/h7-36,45-50H,37-38H2,1-6H3/t45-,46-,47-,48-,49?,50?/m1/s1. The van der Waals surface area contributed by atoms with Gasteiger partial charge in [0.2, 0.25) is 0 Å². The SMILES string of the molecule is CC(C)(C)[Si](O[C@@H]1COC(c2ccccc2)O[C@H]1[C@@H]1OC(c2ccccc2)OC[C@H]1O[Si](c1ccccc1)(c1ccccc1)C(C)(C)C)(c1ccccc1)c1ccccc1. The van der Waals surface area contributed by atoms with E-state index in [2.05, 4.69) is 187 Å². The smallest absolute Gasteiger partial charge is 0.261 e. The van der Waals surface area contributed by atoms with Gasteiger partial charge in [0.25, 0.3) is 16.6 Å². The molecule has 8 rings (SSSR count). The summed E-state index contributed by atoms with van der Waals surface area (Å²) in [4.78, 5) is 0. The second-order valence-corrected chi connectivity index (χ2v) is 26.5. The lowest BCUT2D eigenvalue weighted by Gasteiger charge is -2.52. The minimum absolute atomic E-state index is 0.287. The molecule has 0 N–H and O–H groups in total. The molecule has 0 saturated carbocycles. The zero-order valence-electron chi connectivity index (χ0n) is 35.6. The zero-order valence-corrected chi connectivity index (χ0v) is 37.6. The molecule has 6 atom stereocenters. The molecule has 0 radical (unpaired) electrons. The van der Waals surface area contributed by atoms with Gasteiger partial charge in [0, 0.05) is 11.1 Å². The summed E-state index contributed by atoms with van der Waals surface area (Å²) in [6.45, 7) is 14.4. The van der Waals surface area contributed by atoms with Crippen molar-refractivity contribution in [2.24, 2.45) is 0 Å². The van der Waals surface area contributed by atoms with Crippen LogP contribution in [0, 0.1) is 0 Å². The molecule has 2 fully saturated rings. The van der Waals surface area contributed by atoms with Crippen LogP contribution in [0.25, 0.3) is 0 Å². The fraction of sp³-hybridized carbons (Fsp3) is 0.308. The van der Waals surface area contributed by atoms with Crippen molar-refractivity contribution in [1.29, 1.82) is 0 Å². The minimum atomic E-state index is -3.11. The van der Waals surface area contributed by atoms with Crippen LogP contribution in [-0.2, 0) is 27.8 Å². The Bertz CT molecular complexity index is 1990. The molecule has 6 aromatic carbocycles. The van der Waals surface area contributed by atoms with E-state index in [0.29, 0.717) is 0 Å². The van der Waals surface area contributed by atoms with Crippen molar-refractivity contribution in [3.63, 3.8) is 0 Å². The van der Waals surface area contributed by atoms with Gasteiger partial charge >= 0.3 is 0 Å². The molecule has 2 aliphatic rings. The summed E-state index contributed by atoms with van der Waals surface area (Å²) in [6.07, 6.45) is -3.62. The van der Waals surface area contributed by atoms with Crippen LogP contribution in [-0.4, -0.2) is 54.3 Å². The van der Waals surface area contributed by atoms with Crippen molar-refractivity contribution in [2.45, 2.75) is 88.6 Å². The normalized spacial score (nSPS) is 22.9. The van der Waals surface area contributed by atoms with E-state index in [9.17, 15) is 0 Å². The van der Waals surface area contributed by atoms with Gasteiger partial charge in [0.15, 0.2) is 12.6 Å². The Balaban J connectivity index is 1.30. The molecule has 8 heteroatoms. The van der Waals surface area contributed by atoms with Gasteiger partial charge in [-0.3, -0.25) is 0 Å². The lowest BCUT2D eigenvalue weighted by atomic mass is 10.0. The molecule has 0 amide bonds. The molecule has 60 heavy (non-hydrogen) atoms. The molecule has 2 heterocycles. The van der Waals surface area contributed by atoms with Crippen molar-refractivity contribution in [2.75, 3.05) is 13.2 Å². The van der Waals surface area contributed by atoms with Crippen LogP contribution in [0.15, 0.2) is 182 Å². The van der Waals surface area contributed by atoms with E-state index in [1.54, 1.807) is 0 Å². The Labute approximate surface area is 358 Å². The molecule has 2 saturated heterocycles. The lowest BCUT2D eigenvalue weighted by Crippen LogP contribution is -2.72. The molecule has 0 aliphatic carbocycles. The maximum Gasteiger partial charge on any atom is 0.261 e. The van der Waals surface area contributed by atoms with Gasteiger partial charge in [0.1, 0.15) is 12.2 Å². The molecule has 2 aliphatic heterocycles. The first-order chi connectivity index (χ1) is 29.0. The van der Waals surface area contributed by atoms with E-state index in [0.717, 1.165) is 11.1 Å². The highest BCUT2D eigenvalue weighted by Crippen LogP contribution is 2.44. The Morgan fingerprint density at radius 2 is 0.633 bits per heavy atom.